The Bertz CT molecular complexity index is 486. The summed E-state index contributed by atoms with van der Waals surface area (Å²) in [6.07, 6.45) is 9.24. The van der Waals surface area contributed by atoms with Crippen LogP contribution in [0.4, 0.5) is 0 Å². The highest BCUT2D eigenvalue weighted by atomic mass is 15.5. The van der Waals surface area contributed by atoms with Crippen molar-refractivity contribution in [1.82, 2.24) is 10.3 Å². The van der Waals surface area contributed by atoms with Gasteiger partial charge in [-0.05, 0) is 45.0 Å². The summed E-state index contributed by atoms with van der Waals surface area (Å²) in [5, 5.41) is 9.89. The van der Waals surface area contributed by atoms with Crippen LogP contribution in [0.1, 0.15) is 26.2 Å². The summed E-state index contributed by atoms with van der Waals surface area (Å²) in [4.78, 5) is 4.52. The number of hydrazone groups is 1. The molecule has 0 aromatic rings. The normalized spacial score (nSPS) is 24.1. The van der Waals surface area contributed by atoms with Crippen LogP contribution >= 0.6 is 0 Å². The summed E-state index contributed by atoms with van der Waals surface area (Å²) in [5.41, 5.74) is 5.56. The predicted molar refractivity (Wildman–Crippen MR) is 73.3 cm³/mol. The molecule has 0 unspecified atom stereocenters. The van der Waals surface area contributed by atoms with Crippen LogP contribution in [0.2, 0.25) is 0 Å². The standard InChI is InChI=1S/C14H18N4/c1-11-10-13(12-5-8-15-9-6-12)18-14(17-11)4-2-3-7-16-18/h2,7,10,12,15H,3,5-6,8-9H2,1H3. The number of allylic oxidation sites excluding steroid dienone is 3. The number of rotatable bonds is 1. The Labute approximate surface area is 107 Å². The van der Waals surface area contributed by atoms with Crippen molar-refractivity contribution in [2.24, 2.45) is 16.0 Å². The van der Waals surface area contributed by atoms with Gasteiger partial charge in [-0.25, -0.2) is 10.0 Å². The molecule has 3 heterocycles. The highest BCUT2D eigenvalue weighted by molar-refractivity contribution is 5.95. The van der Waals surface area contributed by atoms with E-state index in [1.165, 1.54) is 18.5 Å². The van der Waals surface area contributed by atoms with Gasteiger partial charge < -0.3 is 5.32 Å². The Balaban J connectivity index is 1.96. The number of fused-ring (bicyclic) bond motifs is 1. The quantitative estimate of drug-likeness (QED) is 0.715. The Hall–Kier alpha value is -1.64. The van der Waals surface area contributed by atoms with Gasteiger partial charge in [0.25, 0.3) is 0 Å². The van der Waals surface area contributed by atoms with E-state index < -0.39 is 0 Å². The van der Waals surface area contributed by atoms with Crippen LogP contribution in [-0.4, -0.2) is 30.0 Å². The highest BCUT2D eigenvalue weighted by Gasteiger charge is 2.27. The average Bonchev–Trinajstić information content (AvgIpc) is 2.64. The van der Waals surface area contributed by atoms with Crippen LogP contribution < -0.4 is 5.32 Å². The summed E-state index contributed by atoms with van der Waals surface area (Å²) in [6.45, 7) is 4.22. The number of hydrogen-bond donors (Lipinski definition) is 1. The topological polar surface area (TPSA) is 40.0 Å². The fourth-order valence-corrected chi connectivity index (χ4v) is 2.60. The first-order chi connectivity index (χ1) is 8.84. The first kappa shape index (κ1) is 11.5. The molecule has 0 aromatic carbocycles. The molecule has 0 saturated carbocycles. The largest absolute Gasteiger partial charge is 0.317 e. The van der Waals surface area contributed by atoms with E-state index in [1.54, 1.807) is 0 Å². The van der Waals surface area contributed by atoms with Gasteiger partial charge in [-0.1, -0.05) is 5.73 Å². The minimum Gasteiger partial charge on any atom is -0.317 e. The molecule has 1 N–H and O–H groups in total. The van der Waals surface area contributed by atoms with Crippen molar-refractivity contribution in [3.63, 3.8) is 0 Å². The molecular formula is C14H18N4. The second-order valence-electron chi connectivity index (χ2n) is 4.86. The maximum atomic E-state index is 4.52. The number of nitrogens with one attached hydrogen (secondary N) is 1. The Morgan fingerprint density at radius 3 is 3.06 bits per heavy atom. The minimum absolute atomic E-state index is 0.573. The van der Waals surface area contributed by atoms with Crippen molar-refractivity contribution in [3.8, 4) is 0 Å². The molecule has 3 aliphatic rings. The predicted octanol–water partition coefficient (Wildman–Crippen LogP) is 2.03. The van der Waals surface area contributed by atoms with E-state index in [-0.39, 0.29) is 0 Å². The molecule has 0 atom stereocenters. The van der Waals surface area contributed by atoms with Crippen molar-refractivity contribution in [1.29, 1.82) is 0 Å². The fourth-order valence-electron chi connectivity index (χ4n) is 2.60. The molecule has 4 heteroatoms. The molecule has 0 bridgehead atoms. The van der Waals surface area contributed by atoms with Crippen LogP contribution in [-0.2, 0) is 0 Å². The van der Waals surface area contributed by atoms with Gasteiger partial charge in [0.15, 0.2) is 5.82 Å². The third-order valence-electron chi connectivity index (χ3n) is 3.49. The van der Waals surface area contributed by atoms with E-state index in [1.807, 2.05) is 24.2 Å². The molecule has 0 radical (unpaired) electrons. The maximum absolute atomic E-state index is 4.52. The Kier molecular flexibility index (Phi) is 3.13. The van der Waals surface area contributed by atoms with Crippen molar-refractivity contribution in [3.05, 3.63) is 29.4 Å². The maximum Gasteiger partial charge on any atom is 0.198 e. The van der Waals surface area contributed by atoms with E-state index >= 15 is 0 Å². The summed E-state index contributed by atoms with van der Waals surface area (Å²) >= 11 is 0. The third kappa shape index (κ3) is 2.17. The van der Waals surface area contributed by atoms with Gasteiger partial charge in [0.2, 0.25) is 0 Å². The minimum atomic E-state index is 0.573. The number of piperidine rings is 1. The monoisotopic (exact) mass is 242 g/mol. The number of hydrogen-bond acceptors (Lipinski definition) is 4. The first-order valence-electron chi connectivity index (χ1n) is 6.60. The lowest BCUT2D eigenvalue weighted by Crippen LogP contribution is -2.33. The summed E-state index contributed by atoms with van der Waals surface area (Å²) in [5.74, 6) is 1.40. The van der Waals surface area contributed by atoms with Gasteiger partial charge in [-0.2, -0.15) is 5.10 Å². The zero-order chi connectivity index (χ0) is 12.4. The molecule has 1 saturated heterocycles. The zero-order valence-electron chi connectivity index (χ0n) is 10.7. The molecule has 0 aliphatic carbocycles. The van der Waals surface area contributed by atoms with Gasteiger partial charge in [-0.15, -0.1) is 0 Å². The lowest BCUT2D eigenvalue weighted by atomic mass is 9.93. The molecule has 0 spiro atoms. The SMILES string of the molecule is CC1=NC2=C=CCC=NN2C(C2CCNCC2)=C1. The fraction of sp³-hybridized carbons (Fsp3) is 0.500. The smallest absolute Gasteiger partial charge is 0.198 e. The van der Waals surface area contributed by atoms with Crippen LogP contribution in [0.3, 0.4) is 0 Å². The average molecular weight is 242 g/mol. The van der Waals surface area contributed by atoms with Crippen LogP contribution in [0.25, 0.3) is 0 Å². The van der Waals surface area contributed by atoms with E-state index in [4.69, 9.17) is 0 Å². The molecule has 3 aliphatic heterocycles. The Morgan fingerprint density at radius 2 is 2.22 bits per heavy atom. The van der Waals surface area contributed by atoms with Crippen molar-refractivity contribution < 1.29 is 0 Å². The highest BCUT2D eigenvalue weighted by Crippen LogP contribution is 2.31. The van der Waals surface area contributed by atoms with Gasteiger partial charge in [0.1, 0.15) is 0 Å². The van der Waals surface area contributed by atoms with E-state index in [2.05, 4.69) is 27.2 Å². The molecule has 0 amide bonds. The van der Waals surface area contributed by atoms with Crippen LogP contribution in [0, 0.1) is 5.92 Å². The van der Waals surface area contributed by atoms with Gasteiger partial charge in [0, 0.05) is 24.3 Å². The van der Waals surface area contributed by atoms with Crippen molar-refractivity contribution in [2.45, 2.75) is 26.2 Å². The molecular weight excluding hydrogens is 224 g/mol. The van der Waals surface area contributed by atoms with Gasteiger partial charge in [-0.3, -0.25) is 0 Å². The van der Waals surface area contributed by atoms with Gasteiger partial charge in [0.05, 0.1) is 5.70 Å². The van der Waals surface area contributed by atoms with E-state index in [0.29, 0.717) is 5.92 Å². The second-order valence-corrected chi connectivity index (χ2v) is 4.86. The van der Waals surface area contributed by atoms with Crippen LogP contribution in [0.15, 0.2) is 39.5 Å². The Morgan fingerprint density at radius 1 is 1.39 bits per heavy atom. The van der Waals surface area contributed by atoms with Crippen molar-refractivity contribution >= 4 is 11.9 Å². The van der Waals surface area contributed by atoms with E-state index in [0.717, 1.165) is 31.0 Å². The third-order valence-corrected chi connectivity index (χ3v) is 3.49. The molecule has 4 nitrogen and oxygen atoms in total. The second kappa shape index (κ2) is 4.92. The zero-order valence-corrected chi connectivity index (χ0v) is 10.7. The van der Waals surface area contributed by atoms with Crippen LogP contribution in [0.5, 0.6) is 0 Å². The molecule has 0 aromatic heterocycles. The summed E-state index contributed by atoms with van der Waals surface area (Å²) in [7, 11) is 0. The molecule has 3 rings (SSSR count). The molecule has 18 heavy (non-hydrogen) atoms. The molecule has 1 fully saturated rings. The lowest BCUT2D eigenvalue weighted by Gasteiger charge is -2.32. The molecule has 94 valence electrons. The number of aliphatic imine (C=N–C) groups is 1. The van der Waals surface area contributed by atoms with E-state index in [9.17, 15) is 0 Å². The lowest BCUT2D eigenvalue weighted by molar-refractivity contribution is 0.323. The first-order valence-corrected chi connectivity index (χ1v) is 6.60. The number of nitrogens with zero attached hydrogens (tertiary/aromatic N) is 3. The summed E-state index contributed by atoms with van der Waals surface area (Å²) in [6, 6.07) is 0. The summed E-state index contributed by atoms with van der Waals surface area (Å²) < 4.78 is 0. The van der Waals surface area contributed by atoms with Crippen molar-refractivity contribution in [2.75, 3.05) is 13.1 Å². The van der Waals surface area contributed by atoms with Gasteiger partial charge >= 0.3 is 0 Å².